The zero-order chi connectivity index (χ0) is 12.4. The fourth-order valence-corrected chi connectivity index (χ4v) is 2.98. The highest BCUT2D eigenvalue weighted by Crippen LogP contribution is 2.33. The summed E-state index contributed by atoms with van der Waals surface area (Å²) >= 11 is 1.69. The van der Waals surface area contributed by atoms with E-state index >= 15 is 0 Å². The standard InChI is InChI=1S/C14H16FNS/c1-3-12(16)14-7-6-13(17-14)11-5-4-10(15)8-9(11)2/h4-8,12H,3,16H2,1-2H3. The molecule has 0 saturated heterocycles. The van der Waals surface area contributed by atoms with E-state index in [1.807, 2.05) is 13.0 Å². The van der Waals surface area contributed by atoms with Gasteiger partial charge in [-0.25, -0.2) is 4.39 Å². The lowest BCUT2D eigenvalue weighted by atomic mass is 10.1. The molecule has 0 aliphatic rings. The summed E-state index contributed by atoms with van der Waals surface area (Å²) in [6.07, 6.45) is 0.933. The molecule has 1 aromatic heterocycles. The zero-order valence-electron chi connectivity index (χ0n) is 10.0. The first kappa shape index (κ1) is 12.3. The minimum Gasteiger partial charge on any atom is -0.323 e. The predicted octanol–water partition coefficient (Wildman–Crippen LogP) is 4.27. The van der Waals surface area contributed by atoms with Crippen molar-refractivity contribution in [2.75, 3.05) is 0 Å². The third-order valence-electron chi connectivity index (χ3n) is 2.89. The number of rotatable bonds is 3. The molecule has 0 saturated carbocycles. The number of benzene rings is 1. The van der Waals surface area contributed by atoms with E-state index in [1.54, 1.807) is 17.4 Å². The lowest BCUT2D eigenvalue weighted by Crippen LogP contribution is -2.05. The maximum atomic E-state index is 13.0. The van der Waals surface area contributed by atoms with Gasteiger partial charge in [-0.2, -0.15) is 0 Å². The van der Waals surface area contributed by atoms with Gasteiger partial charge in [-0.05, 0) is 48.7 Å². The van der Waals surface area contributed by atoms with Crippen molar-refractivity contribution in [2.45, 2.75) is 26.3 Å². The predicted molar refractivity (Wildman–Crippen MR) is 71.7 cm³/mol. The molecule has 1 nitrogen and oxygen atoms in total. The molecular weight excluding hydrogens is 233 g/mol. The van der Waals surface area contributed by atoms with Crippen LogP contribution in [0.1, 0.15) is 29.8 Å². The summed E-state index contributed by atoms with van der Waals surface area (Å²) in [4.78, 5) is 2.34. The second-order valence-electron chi connectivity index (χ2n) is 4.18. The average molecular weight is 249 g/mol. The Labute approximate surface area is 105 Å². The van der Waals surface area contributed by atoms with Gasteiger partial charge in [0.25, 0.3) is 0 Å². The topological polar surface area (TPSA) is 26.0 Å². The molecule has 17 heavy (non-hydrogen) atoms. The van der Waals surface area contributed by atoms with E-state index in [9.17, 15) is 4.39 Å². The van der Waals surface area contributed by atoms with Crippen LogP contribution in [0.3, 0.4) is 0 Å². The maximum Gasteiger partial charge on any atom is 0.123 e. The third-order valence-corrected chi connectivity index (χ3v) is 4.14. The van der Waals surface area contributed by atoms with E-state index in [2.05, 4.69) is 19.1 Å². The largest absolute Gasteiger partial charge is 0.323 e. The molecule has 1 unspecified atom stereocenters. The quantitative estimate of drug-likeness (QED) is 0.863. The van der Waals surface area contributed by atoms with Crippen molar-refractivity contribution in [1.82, 2.24) is 0 Å². The minimum atomic E-state index is -0.187. The van der Waals surface area contributed by atoms with Crippen molar-refractivity contribution in [3.05, 3.63) is 46.6 Å². The van der Waals surface area contributed by atoms with Gasteiger partial charge in [0.15, 0.2) is 0 Å². The molecule has 2 rings (SSSR count). The monoisotopic (exact) mass is 249 g/mol. The average Bonchev–Trinajstić information content (AvgIpc) is 2.77. The first-order valence-electron chi connectivity index (χ1n) is 5.73. The van der Waals surface area contributed by atoms with Gasteiger partial charge < -0.3 is 5.73 Å². The lowest BCUT2D eigenvalue weighted by Gasteiger charge is -2.05. The maximum absolute atomic E-state index is 13.0. The number of halogens is 1. The van der Waals surface area contributed by atoms with E-state index in [-0.39, 0.29) is 11.9 Å². The van der Waals surface area contributed by atoms with Crippen LogP contribution < -0.4 is 5.73 Å². The Balaban J connectivity index is 2.37. The molecule has 2 aromatic rings. The Kier molecular flexibility index (Phi) is 3.60. The molecule has 90 valence electrons. The van der Waals surface area contributed by atoms with Crippen LogP contribution in [0.5, 0.6) is 0 Å². The van der Waals surface area contributed by atoms with Crippen LogP contribution in [0, 0.1) is 12.7 Å². The summed E-state index contributed by atoms with van der Waals surface area (Å²) < 4.78 is 13.0. The molecule has 0 aliphatic heterocycles. The highest BCUT2D eigenvalue weighted by atomic mass is 32.1. The van der Waals surface area contributed by atoms with Crippen LogP contribution in [0.4, 0.5) is 4.39 Å². The van der Waals surface area contributed by atoms with E-state index in [0.717, 1.165) is 22.4 Å². The van der Waals surface area contributed by atoms with Crippen molar-refractivity contribution >= 4 is 11.3 Å². The molecule has 3 heteroatoms. The number of hydrogen-bond acceptors (Lipinski definition) is 2. The fourth-order valence-electron chi connectivity index (χ4n) is 1.80. The molecule has 1 aromatic carbocycles. The highest BCUT2D eigenvalue weighted by Gasteiger charge is 2.10. The second-order valence-corrected chi connectivity index (χ2v) is 5.29. The molecular formula is C14H16FNS. The molecule has 2 N–H and O–H groups in total. The number of hydrogen-bond donors (Lipinski definition) is 1. The summed E-state index contributed by atoms with van der Waals surface area (Å²) in [5, 5.41) is 0. The first-order valence-corrected chi connectivity index (χ1v) is 6.55. The lowest BCUT2D eigenvalue weighted by molar-refractivity contribution is 0.627. The van der Waals surface area contributed by atoms with Gasteiger partial charge in [-0.1, -0.05) is 13.0 Å². The fraction of sp³-hybridized carbons (Fsp3) is 0.286. The van der Waals surface area contributed by atoms with Crippen molar-refractivity contribution in [1.29, 1.82) is 0 Å². The summed E-state index contributed by atoms with van der Waals surface area (Å²) in [5.41, 5.74) is 8.05. The Morgan fingerprint density at radius 2 is 2.06 bits per heavy atom. The van der Waals surface area contributed by atoms with Crippen LogP contribution in [-0.2, 0) is 0 Å². The zero-order valence-corrected chi connectivity index (χ0v) is 10.9. The molecule has 0 spiro atoms. The smallest absolute Gasteiger partial charge is 0.123 e. The Hall–Kier alpha value is -1.19. The minimum absolute atomic E-state index is 0.106. The van der Waals surface area contributed by atoms with Gasteiger partial charge >= 0.3 is 0 Å². The normalized spacial score (nSPS) is 12.7. The van der Waals surface area contributed by atoms with Crippen LogP contribution in [0.25, 0.3) is 10.4 Å². The third kappa shape index (κ3) is 2.56. The number of thiophene rings is 1. The van der Waals surface area contributed by atoms with Crippen molar-refractivity contribution in [3.63, 3.8) is 0 Å². The Morgan fingerprint density at radius 1 is 1.29 bits per heavy atom. The van der Waals surface area contributed by atoms with E-state index in [1.165, 1.54) is 10.9 Å². The molecule has 1 atom stereocenters. The van der Waals surface area contributed by atoms with Gasteiger partial charge in [0.1, 0.15) is 5.82 Å². The van der Waals surface area contributed by atoms with Gasteiger partial charge in [0.2, 0.25) is 0 Å². The van der Waals surface area contributed by atoms with Gasteiger partial charge in [-0.15, -0.1) is 11.3 Å². The SMILES string of the molecule is CCC(N)c1ccc(-c2ccc(F)cc2C)s1. The van der Waals surface area contributed by atoms with Crippen molar-refractivity contribution in [3.8, 4) is 10.4 Å². The Bertz CT molecular complexity index is 519. The first-order chi connectivity index (χ1) is 8.11. The molecule has 0 bridgehead atoms. The molecule has 0 amide bonds. The molecule has 0 radical (unpaired) electrons. The Morgan fingerprint density at radius 3 is 2.71 bits per heavy atom. The summed E-state index contributed by atoms with van der Waals surface area (Å²) in [6.45, 7) is 4.00. The van der Waals surface area contributed by atoms with E-state index < -0.39 is 0 Å². The van der Waals surface area contributed by atoms with Crippen LogP contribution in [0.15, 0.2) is 30.3 Å². The van der Waals surface area contributed by atoms with Gasteiger partial charge in [-0.3, -0.25) is 0 Å². The summed E-state index contributed by atoms with van der Waals surface area (Å²) in [5.74, 6) is -0.187. The second kappa shape index (κ2) is 4.98. The molecule has 0 fully saturated rings. The van der Waals surface area contributed by atoms with Crippen LogP contribution >= 0.6 is 11.3 Å². The van der Waals surface area contributed by atoms with Crippen LogP contribution in [-0.4, -0.2) is 0 Å². The van der Waals surface area contributed by atoms with E-state index in [4.69, 9.17) is 5.73 Å². The molecule has 1 heterocycles. The molecule has 0 aliphatic carbocycles. The number of nitrogens with two attached hydrogens (primary N) is 1. The van der Waals surface area contributed by atoms with Crippen molar-refractivity contribution < 1.29 is 4.39 Å². The van der Waals surface area contributed by atoms with Crippen LogP contribution in [0.2, 0.25) is 0 Å². The van der Waals surface area contributed by atoms with Gasteiger partial charge in [0.05, 0.1) is 0 Å². The summed E-state index contributed by atoms with van der Waals surface area (Å²) in [6, 6.07) is 9.13. The van der Waals surface area contributed by atoms with Gasteiger partial charge in [0, 0.05) is 15.8 Å². The van der Waals surface area contributed by atoms with Crippen molar-refractivity contribution in [2.24, 2.45) is 5.73 Å². The highest BCUT2D eigenvalue weighted by molar-refractivity contribution is 7.15. The summed E-state index contributed by atoms with van der Waals surface area (Å²) in [7, 11) is 0. The number of aryl methyl sites for hydroxylation is 1. The van der Waals surface area contributed by atoms with E-state index in [0.29, 0.717) is 0 Å².